The molecule has 2 aromatic carbocycles. The maximum atomic E-state index is 12.2. The van der Waals surface area contributed by atoms with Crippen molar-refractivity contribution in [1.29, 1.82) is 0 Å². The highest BCUT2D eigenvalue weighted by molar-refractivity contribution is 7.80. The largest absolute Gasteiger partial charge is 0.357 e. The van der Waals surface area contributed by atoms with Crippen LogP contribution in [0, 0.1) is 0 Å². The van der Waals surface area contributed by atoms with Gasteiger partial charge in [-0.05, 0) is 46.9 Å². The van der Waals surface area contributed by atoms with Crippen LogP contribution < -0.4 is 10.6 Å². The van der Waals surface area contributed by atoms with Gasteiger partial charge in [0.05, 0.1) is 6.54 Å². The zero-order valence-corrected chi connectivity index (χ0v) is 14.5. The normalized spacial score (nSPS) is 10.2. The highest BCUT2D eigenvalue weighted by atomic mass is 32.1. The first-order chi connectivity index (χ1) is 11.7. The molecule has 0 spiro atoms. The highest BCUT2D eigenvalue weighted by Crippen LogP contribution is 2.19. The van der Waals surface area contributed by atoms with E-state index in [1.165, 1.54) is 4.88 Å². The van der Waals surface area contributed by atoms with Crippen LogP contribution in [-0.2, 0) is 6.54 Å². The third-order valence-corrected chi connectivity index (χ3v) is 4.61. The number of rotatable bonds is 4. The van der Waals surface area contributed by atoms with Gasteiger partial charge in [-0.15, -0.1) is 11.3 Å². The summed E-state index contributed by atoms with van der Waals surface area (Å²) in [6, 6.07) is 21.5. The van der Waals surface area contributed by atoms with Crippen molar-refractivity contribution in [2.24, 2.45) is 0 Å². The summed E-state index contributed by atoms with van der Waals surface area (Å²) < 4.78 is 0. The van der Waals surface area contributed by atoms with Gasteiger partial charge in [0.25, 0.3) is 5.91 Å². The first-order valence-electron chi connectivity index (χ1n) is 7.49. The monoisotopic (exact) mass is 352 g/mol. The Bertz CT molecular complexity index is 812. The first kappa shape index (κ1) is 16.4. The van der Waals surface area contributed by atoms with E-state index in [1.807, 2.05) is 60.0 Å². The van der Waals surface area contributed by atoms with E-state index in [-0.39, 0.29) is 5.91 Å². The lowest BCUT2D eigenvalue weighted by Gasteiger charge is -2.09. The van der Waals surface area contributed by atoms with Crippen LogP contribution in [0.4, 0.5) is 0 Å². The standard InChI is InChI=1S/C19H16N2OS2/c22-18(21-19(23)20-13-17-7-4-12-24-17)16-10-8-15(9-11-16)14-5-2-1-3-6-14/h1-12H,13H2,(H2,20,21,22,23). The molecule has 3 nitrogen and oxygen atoms in total. The molecule has 0 aliphatic carbocycles. The van der Waals surface area contributed by atoms with E-state index in [0.717, 1.165) is 11.1 Å². The number of carbonyl (C=O) groups is 1. The molecule has 2 N–H and O–H groups in total. The Hall–Kier alpha value is -2.50. The van der Waals surface area contributed by atoms with Crippen LogP contribution in [0.25, 0.3) is 11.1 Å². The van der Waals surface area contributed by atoms with Crippen molar-refractivity contribution in [1.82, 2.24) is 10.6 Å². The third-order valence-electron chi connectivity index (χ3n) is 3.48. The minimum absolute atomic E-state index is 0.210. The molecular formula is C19H16N2OS2. The Morgan fingerprint density at radius 3 is 2.29 bits per heavy atom. The molecule has 0 radical (unpaired) electrons. The fourth-order valence-electron chi connectivity index (χ4n) is 2.24. The Morgan fingerprint density at radius 1 is 0.917 bits per heavy atom. The van der Waals surface area contributed by atoms with Crippen LogP contribution in [-0.4, -0.2) is 11.0 Å². The van der Waals surface area contributed by atoms with Crippen molar-refractivity contribution in [3.8, 4) is 11.1 Å². The summed E-state index contributed by atoms with van der Waals surface area (Å²) in [6.45, 7) is 0.615. The van der Waals surface area contributed by atoms with Crippen molar-refractivity contribution in [2.75, 3.05) is 0 Å². The van der Waals surface area contributed by atoms with Crippen LogP contribution in [0.3, 0.4) is 0 Å². The number of nitrogens with one attached hydrogen (secondary N) is 2. The molecule has 5 heteroatoms. The van der Waals surface area contributed by atoms with Gasteiger partial charge in [-0.1, -0.05) is 48.5 Å². The van der Waals surface area contributed by atoms with Crippen LogP contribution in [0.2, 0.25) is 0 Å². The Balaban J connectivity index is 1.57. The highest BCUT2D eigenvalue weighted by Gasteiger charge is 2.08. The second-order valence-corrected chi connectivity index (χ2v) is 6.60. The fraction of sp³-hybridized carbons (Fsp3) is 0.0526. The number of benzene rings is 2. The quantitative estimate of drug-likeness (QED) is 0.691. The summed E-state index contributed by atoms with van der Waals surface area (Å²) in [5, 5.41) is 8.08. The predicted octanol–water partition coefficient (Wildman–Crippen LogP) is 4.22. The predicted molar refractivity (Wildman–Crippen MR) is 103 cm³/mol. The fourth-order valence-corrected chi connectivity index (χ4v) is 3.05. The van der Waals surface area contributed by atoms with E-state index < -0.39 is 0 Å². The van der Waals surface area contributed by atoms with Gasteiger partial charge < -0.3 is 5.32 Å². The lowest BCUT2D eigenvalue weighted by Crippen LogP contribution is -2.38. The van der Waals surface area contributed by atoms with Gasteiger partial charge in [0, 0.05) is 10.4 Å². The SMILES string of the molecule is O=C(NC(=S)NCc1cccs1)c1ccc(-c2ccccc2)cc1. The van der Waals surface area contributed by atoms with E-state index in [4.69, 9.17) is 12.2 Å². The number of hydrogen-bond donors (Lipinski definition) is 2. The second kappa shape index (κ2) is 7.86. The number of thiocarbonyl (C=S) groups is 1. The van der Waals surface area contributed by atoms with Gasteiger partial charge in [-0.3, -0.25) is 10.1 Å². The molecule has 120 valence electrons. The molecule has 0 saturated heterocycles. The van der Waals surface area contributed by atoms with E-state index in [2.05, 4.69) is 10.6 Å². The molecule has 0 aliphatic heterocycles. The number of carbonyl (C=O) groups excluding carboxylic acids is 1. The van der Waals surface area contributed by atoms with Gasteiger partial charge in [-0.25, -0.2) is 0 Å². The Labute approximate surface area is 150 Å². The lowest BCUT2D eigenvalue weighted by atomic mass is 10.0. The van der Waals surface area contributed by atoms with E-state index in [0.29, 0.717) is 17.2 Å². The number of hydrogen-bond acceptors (Lipinski definition) is 3. The van der Waals surface area contributed by atoms with Gasteiger partial charge in [0.15, 0.2) is 5.11 Å². The molecule has 0 fully saturated rings. The summed E-state index contributed by atoms with van der Waals surface area (Å²) in [4.78, 5) is 13.4. The first-order valence-corrected chi connectivity index (χ1v) is 8.78. The third kappa shape index (κ3) is 4.28. The molecule has 0 unspecified atom stereocenters. The van der Waals surface area contributed by atoms with Crippen molar-refractivity contribution in [2.45, 2.75) is 6.54 Å². The minimum Gasteiger partial charge on any atom is -0.357 e. The average molecular weight is 352 g/mol. The molecule has 0 aliphatic rings. The van der Waals surface area contributed by atoms with Gasteiger partial charge in [0.2, 0.25) is 0 Å². The Morgan fingerprint density at radius 2 is 1.62 bits per heavy atom. The number of amides is 1. The molecule has 0 saturated carbocycles. The molecular weight excluding hydrogens is 336 g/mol. The van der Waals surface area contributed by atoms with Crippen LogP contribution in [0.5, 0.6) is 0 Å². The maximum absolute atomic E-state index is 12.2. The molecule has 0 atom stereocenters. The minimum atomic E-state index is -0.210. The molecule has 1 amide bonds. The van der Waals surface area contributed by atoms with E-state index >= 15 is 0 Å². The molecule has 3 aromatic rings. The molecule has 1 heterocycles. The smallest absolute Gasteiger partial charge is 0.257 e. The summed E-state index contributed by atoms with van der Waals surface area (Å²) in [7, 11) is 0. The van der Waals surface area contributed by atoms with Crippen molar-refractivity contribution in [3.63, 3.8) is 0 Å². The lowest BCUT2D eigenvalue weighted by molar-refractivity contribution is 0.0976. The maximum Gasteiger partial charge on any atom is 0.257 e. The van der Waals surface area contributed by atoms with Crippen molar-refractivity contribution < 1.29 is 4.79 Å². The second-order valence-electron chi connectivity index (χ2n) is 5.16. The van der Waals surface area contributed by atoms with Crippen LogP contribution >= 0.6 is 23.6 Å². The topological polar surface area (TPSA) is 41.1 Å². The molecule has 1 aromatic heterocycles. The van der Waals surface area contributed by atoms with Crippen molar-refractivity contribution in [3.05, 3.63) is 82.6 Å². The summed E-state index contributed by atoms with van der Waals surface area (Å²) in [6.07, 6.45) is 0. The van der Waals surface area contributed by atoms with Crippen LogP contribution in [0.15, 0.2) is 72.1 Å². The zero-order chi connectivity index (χ0) is 16.8. The molecule has 24 heavy (non-hydrogen) atoms. The van der Waals surface area contributed by atoms with Gasteiger partial charge in [0.1, 0.15) is 0 Å². The molecule has 0 bridgehead atoms. The van der Waals surface area contributed by atoms with E-state index in [9.17, 15) is 4.79 Å². The summed E-state index contributed by atoms with van der Waals surface area (Å²) in [5.41, 5.74) is 2.78. The number of thiophene rings is 1. The average Bonchev–Trinajstić information content (AvgIpc) is 3.14. The van der Waals surface area contributed by atoms with Crippen LogP contribution in [0.1, 0.15) is 15.2 Å². The Kier molecular flexibility index (Phi) is 5.36. The molecule has 3 rings (SSSR count). The summed E-state index contributed by atoms with van der Waals surface area (Å²) in [5.74, 6) is -0.210. The van der Waals surface area contributed by atoms with Gasteiger partial charge >= 0.3 is 0 Å². The zero-order valence-electron chi connectivity index (χ0n) is 12.9. The van der Waals surface area contributed by atoms with Crippen molar-refractivity contribution >= 4 is 34.6 Å². The van der Waals surface area contributed by atoms with E-state index in [1.54, 1.807) is 23.5 Å². The summed E-state index contributed by atoms with van der Waals surface area (Å²) >= 11 is 6.81. The van der Waals surface area contributed by atoms with Gasteiger partial charge in [-0.2, -0.15) is 0 Å².